The highest BCUT2D eigenvalue weighted by Crippen LogP contribution is 2.28. The van der Waals surface area contributed by atoms with Crippen LogP contribution in [0.25, 0.3) is 5.69 Å². The first-order valence-electron chi connectivity index (χ1n) is 10.6. The van der Waals surface area contributed by atoms with Gasteiger partial charge in [0.25, 0.3) is 0 Å². The molecule has 1 aliphatic rings. The topological polar surface area (TPSA) is 44.5 Å². The predicted molar refractivity (Wildman–Crippen MR) is 121 cm³/mol. The third-order valence-corrected chi connectivity index (χ3v) is 5.89. The van der Waals surface area contributed by atoms with Gasteiger partial charge in [0.2, 0.25) is 0 Å². The van der Waals surface area contributed by atoms with E-state index in [-0.39, 0.29) is 5.82 Å². The molecule has 1 aromatic heterocycles. The minimum absolute atomic E-state index is 0.165. The summed E-state index contributed by atoms with van der Waals surface area (Å²) in [5, 5.41) is 15.4. The van der Waals surface area contributed by atoms with E-state index < -0.39 is 6.10 Å². The number of aliphatic hydroxyl groups is 1. The molecule has 0 bridgehead atoms. The molecule has 2 heterocycles. The highest BCUT2D eigenvalue weighted by atomic mass is 35.5. The Morgan fingerprint density at radius 3 is 2.65 bits per heavy atom. The maximum absolute atomic E-state index is 14.2. The molecule has 1 atom stereocenters. The Balaban J connectivity index is 1.64. The van der Waals surface area contributed by atoms with Gasteiger partial charge in [0.1, 0.15) is 5.82 Å². The number of likely N-dealkylation sites (N-methyl/N-ethyl adjacent to an activating group) is 1. The molecule has 0 amide bonds. The number of aliphatic hydroxyl groups excluding tert-OH is 1. The molecule has 7 heteroatoms. The summed E-state index contributed by atoms with van der Waals surface area (Å²) < 4.78 is 16.2. The third kappa shape index (κ3) is 5.15. The second-order valence-corrected chi connectivity index (χ2v) is 8.79. The second-order valence-electron chi connectivity index (χ2n) is 8.36. The van der Waals surface area contributed by atoms with E-state index in [9.17, 15) is 9.50 Å². The van der Waals surface area contributed by atoms with Gasteiger partial charge in [-0.15, -0.1) is 0 Å². The monoisotopic (exact) mass is 442 g/mol. The van der Waals surface area contributed by atoms with E-state index in [1.165, 1.54) is 17.3 Å². The summed E-state index contributed by atoms with van der Waals surface area (Å²) in [4.78, 5) is 4.35. The fraction of sp³-hybridized carbons (Fsp3) is 0.375. The number of hydrogen-bond acceptors (Lipinski definition) is 4. The first kappa shape index (κ1) is 22.0. The van der Waals surface area contributed by atoms with E-state index in [1.807, 2.05) is 48.1 Å². The molecule has 0 radical (unpaired) electrons. The van der Waals surface area contributed by atoms with Crippen LogP contribution in [-0.4, -0.2) is 50.9 Å². The lowest BCUT2D eigenvalue weighted by Gasteiger charge is -2.28. The molecule has 1 N–H and O–H groups in total. The summed E-state index contributed by atoms with van der Waals surface area (Å²) in [5.74, 6) is -0.165. The summed E-state index contributed by atoms with van der Waals surface area (Å²) in [7, 11) is 1.99. The van der Waals surface area contributed by atoms with Crippen molar-refractivity contribution in [3.05, 3.63) is 81.9 Å². The van der Waals surface area contributed by atoms with Crippen molar-refractivity contribution in [2.45, 2.75) is 39.1 Å². The van der Waals surface area contributed by atoms with Gasteiger partial charge in [-0.2, -0.15) is 5.10 Å². The van der Waals surface area contributed by atoms with Gasteiger partial charge in [0, 0.05) is 55.3 Å². The SMILES string of the molecule is CC(O)CN(C)Cc1nn(-c2ccc(Cl)cc2)c2c1CN(Cc1ccccc1F)CC2. The minimum Gasteiger partial charge on any atom is -0.392 e. The van der Waals surface area contributed by atoms with Crippen molar-refractivity contribution in [1.82, 2.24) is 19.6 Å². The summed E-state index contributed by atoms with van der Waals surface area (Å²) in [6.45, 7) is 5.12. The van der Waals surface area contributed by atoms with E-state index in [0.717, 1.165) is 30.9 Å². The normalized spacial score (nSPS) is 15.3. The van der Waals surface area contributed by atoms with Gasteiger partial charge >= 0.3 is 0 Å². The lowest BCUT2D eigenvalue weighted by atomic mass is 10.0. The van der Waals surface area contributed by atoms with Crippen LogP contribution < -0.4 is 0 Å². The average Bonchev–Trinajstić information content (AvgIpc) is 3.07. The van der Waals surface area contributed by atoms with Crippen LogP contribution in [0.15, 0.2) is 48.5 Å². The Hall–Kier alpha value is -2.25. The zero-order valence-corrected chi connectivity index (χ0v) is 18.7. The zero-order valence-electron chi connectivity index (χ0n) is 17.9. The molecule has 4 rings (SSSR count). The molecule has 1 aliphatic heterocycles. The van der Waals surface area contributed by atoms with Crippen LogP contribution in [0.4, 0.5) is 4.39 Å². The van der Waals surface area contributed by atoms with Crippen molar-refractivity contribution in [2.75, 3.05) is 20.1 Å². The fourth-order valence-electron chi connectivity index (χ4n) is 4.24. The Morgan fingerprint density at radius 2 is 1.94 bits per heavy atom. The van der Waals surface area contributed by atoms with Gasteiger partial charge in [-0.05, 0) is 44.3 Å². The van der Waals surface area contributed by atoms with Crippen LogP contribution >= 0.6 is 11.6 Å². The molecule has 0 saturated carbocycles. The zero-order chi connectivity index (χ0) is 22.0. The number of halogens is 2. The van der Waals surface area contributed by atoms with Crippen molar-refractivity contribution in [1.29, 1.82) is 0 Å². The van der Waals surface area contributed by atoms with Gasteiger partial charge < -0.3 is 5.11 Å². The van der Waals surface area contributed by atoms with Crippen molar-refractivity contribution in [3.8, 4) is 5.69 Å². The lowest BCUT2D eigenvalue weighted by molar-refractivity contribution is 0.137. The van der Waals surface area contributed by atoms with Crippen molar-refractivity contribution >= 4 is 11.6 Å². The van der Waals surface area contributed by atoms with Crippen LogP contribution in [0, 0.1) is 5.82 Å². The van der Waals surface area contributed by atoms with E-state index in [0.29, 0.717) is 30.2 Å². The van der Waals surface area contributed by atoms with Crippen LogP contribution in [0.3, 0.4) is 0 Å². The molecule has 1 unspecified atom stereocenters. The average molecular weight is 443 g/mol. The maximum Gasteiger partial charge on any atom is 0.127 e. The maximum atomic E-state index is 14.2. The van der Waals surface area contributed by atoms with E-state index in [4.69, 9.17) is 16.7 Å². The van der Waals surface area contributed by atoms with Crippen molar-refractivity contribution < 1.29 is 9.50 Å². The number of benzene rings is 2. The number of hydrogen-bond donors (Lipinski definition) is 1. The van der Waals surface area contributed by atoms with Crippen molar-refractivity contribution in [2.24, 2.45) is 0 Å². The largest absolute Gasteiger partial charge is 0.392 e. The van der Waals surface area contributed by atoms with Crippen LogP contribution in [0.5, 0.6) is 0 Å². The fourth-order valence-corrected chi connectivity index (χ4v) is 4.36. The molecule has 31 heavy (non-hydrogen) atoms. The van der Waals surface area contributed by atoms with Gasteiger partial charge in [-0.25, -0.2) is 9.07 Å². The molecule has 5 nitrogen and oxygen atoms in total. The highest BCUT2D eigenvalue weighted by molar-refractivity contribution is 6.30. The quantitative estimate of drug-likeness (QED) is 0.600. The summed E-state index contributed by atoms with van der Waals surface area (Å²) in [5.41, 5.74) is 5.06. The van der Waals surface area contributed by atoms with Crippen LogP contribution in [0.1, 0.15) is 29.4 Å². The molecule has 2 aromatic carbocycles. The van der Waals surface area contributed by atoms with Gasteiger partial charge in [0.05, 0.1) is 23.2 Å². The molecule has 164 valence electrons. The molecule has 0 fully saturated rings. The Morgan fingerprint density at radius 1 is 1.19 bits per heavy atom. The van der Waals surface area contributed by atoms with Gasteiger partial charge in [-0.3, -0.25) is 9.80 Å². The molecule has 3 aromatic rings. The smallest absolute Gasteiger partial charge is 0.127 e. The van der Waals surface area contributed by atoms with Crippen LogP contribution in [0.2, 0.25) is 5.02 Å². The van der Waals surface area contributed by atoms with Crippen LogP contribution in [-0.2, 0) is 26.1 Å². The first-order valence-corrected chi connectivity index (χ1v) is 11.0. The Bertz CT molecular complexity index is 1030. The first-order chi connectivity index (χ1) is 14.9. The minimum atomic E-state index is -0.406. The predicted octanol–water partition coefficient (Wildman–Crippen LogP) is 4.04. The number of fused-ring (bicyclic) bond motifs is 1. The molecule has 0 spiro atoms. The molecular formula is C24H28ClFN4O. The van der Waals surface area contributed by atoms with Gasteiger partial charge in [-0.1, -0.05) is 29.8 Å². The third-order valence-electron chi connectivity index (χ3n) is 5.64. The Labute approximate surface area is 187 Å². The van der Waals surface area contributed by atoms with Crippen molar-refractivity contribution in [3.63, 3.8) is 0 Å². The summed E-state index contributed by atoms with van der Waals surface area (Å²) in [6.07, 6.45) is 0.427. The van der Waals surface area contributed by atoms with E-state index >= 15 is 0 Å². The number of aromatic nitrogens is 2. The standard InChI is InChI=1S/C24H28ClFN4O/c1-17(31)13-28(2)16-23-21-15-29(14-18-5-3-4-6-22(18)26)12-11-24(21)30(27-23)20-9-7-19(25)8-10-20/h3-10,17,31H,11-16H2,1-2H3. The number of rotatable bonds is 7. The highest BCUT2D eigenvalue weighted by Gasteiger charge is 2.26. The Kier molecular flexibility index (Phi) is 6.72. The molecule has 0 aliphatic carbocycles. The summed E-state index contributed by atoms with van der Waals surface area (Å²) >= 11 is 6.08. The molecular weight excluding hydrogens is 415 g/mol. The van der Waals surface area contributed by atoms with E-state index in [2.05, 4.69) is 9.80 Å². The molecule has 0 saturated heterocycles. The lowest BCUT2D eigenvalue weighted by Crippen LogP contribution is -2.32. The number of nitrogens with zero attached hydrogens (tertiary/aromatic N) is 4. The second kappa shape index (κ2) is 9.49. The summed E-state index contributed by atoms with van der Waals surface area (Å²) in [6, 6.07) is 14.7. The van der Waals surface area contributed by atoms with Gasteiger partial charge in [0.15, 0.2) is 0 Å². The van der Waals surface area contributed by atoms with E-state index in [1.54, 1.807) is 13.0 Å².